The van der Waals surface area contributed by atoms with Gasteiger partial charge >= 0.3 is 0 Å². The Labute approximate surface area is 162 Å². The quantitative estimate of drug-likeness (QED) is 0.802. The SMILES string of the molecule is Clc1ccc(N2CCN(C3CCN(Cc4ccccc4)CC3)CC2)cc1. The summed E-state index contributed by atoms with van der Waals surface area (Å²) in [5.41, 5.74) is 2.73. The van der Waals surface area contributed by atoms with Crippen LogP contribution in [0.15, 0.2) is 54.6 Å². The first-order chi connectivity index (χ1) is 12.8. The summed E-state index contributed by atoms with van der Waals surface area (Å²) in [5.74, 6) is 0. The van der Waals surface area contributed by atoms with Crippen LogP contribution in [0.1, 0.15) is 18.4 Å². The Morgan fingerprint density at radius 2 is 1.42 bits per heavy atom. The number of nitrogens with zero attached hydrogens (tertiary/aromatic N) is 3. The third kappa shape index (κ3) is 4.40. The molecule has 2 aromatic rings. The molecule has 138 valence electrons. The summed E-state index contributed by atoms with van der Waals surface area (Å²) in [6, 6.07) is 19.9. The van der Waals surface area contributed by atoms with E-state index < -0.39 is 0 Å². The average Bonchev–Trinajstić information content (AvgIpc) is 2.70. The fourth-order valence-electron chi connectivity index (χ4n) is 4.28. The molecular weight excluding hydrogens is 342 g/mol. The number of hydrogen-bond donors (Lipinski definition) is 0. The van der Waals surface area contributed by atoms with E-state index in [0.29, 0.717) is 0 Å². The second-order valence-corrected chi connectivity index (χ2v) is 7.93. The van der Waals surface area contributed by atoms with Crippen molar-refractivity contribution in [1.29, 1.82) is 0 Å². The smallest absolute Gasteiger partial charge is 0.0407 e. The zero-order valence-corrected chi connectivity index (χ0v) is 16.1. The predicted molar refractivity (Wildman–Crippen MR) is 110 cm³/mol. The highest BCUT2D eigenvalue weighted by molar-refractivity contribution is 6.30. The van der Waals surface area contributed by atoms with Crippen molar-refractivity contribution in [3.8, 4) is 0 Å². The fraction of sp³-hybridized carbons (Fsp3) is 0.455. The van der Waals surface area contributed by atoms with Gasteiger partial charge in [0.25, 0.3) is 0 Å². The number of hydrogen-bond acceptors (Lipinski definition) is 3. The van der Waals surface area contributed by atoms with Crippen molar-refractivity contribution in [3.05, 3.63) is 65.2 Å². The molecule has 2 heterocycles. The van der Waals surface area contributed by atoms with Crippen molar-refractivity contribution in [2.75, 3.05) is 44.2 Å². The zero-order valence-electron chi connectivity index (χ0n) is 15.4. The number of likely N-dealkylation sites (tertiary alicyclic amines) is 1. The maximum Gasteiger partial charge on any atom is 0.0407 e. The molecule has 3 nitrogen and oxygen atoms in total. The van der Waals surface area contributed by atoms with Crippen LogP contribution in [-0.2, 0) is 6.54 Å². The van der Waals surface area contributed by atoms with E-state index in [2.05, 4.69) is 57.2 Å². The van der Waals surface area contributed by atoms with Crippen LogP contribution >= 0.6 is 11.6 Å². The third-order valence-corrected chi connectivity index (χ3v) is 6.08. The standard InChI is InChI=1S/C22H28ClN3/c23-20-6-8-21(9-7-20)25-14-16-26(17-15-25)22-10-12-24(13-11-22)18-19-4-2-1-3-5-19/h1-9,22H,10-18H2. The molecule has 26 heavy (non-hydrogen) atoms. The first-order valence-electron chi connectivity index (χ1n) is 9.79. The van der Waals surface area contributed by atoms with Gasteiger partial charge in [0.2, 0.25) is 0 Å². The van der Waals surface area contributed by atoms with E-state index in [9.17, 15) is 0 Å². The van der Waals surface area contributed by atoms with Gasteiger partial charge in [0.05, 0.1) is 0 Å². The van der Waals surface area contributed by atoms with Gasteiger partial charge in [-0.1, -0.05) is 41.9 Å². The van der Waals surface area contributed by atoms with Crippen LogP contribution in [0.4, 0.5) is 5.69 Å². The molecule has 0 radical (unpaired) electrons. The lowest BCUT2D eigenvalue weighted by Gasteiger charge is -2.43. The van der Waals surface area contributed by atoms with Gasteiger partial charge in [-0.25, -0.2) is 0 Å². The van der Waals surface area contributed by atoms with Crippen LogP contribution in [-0.4, -0.2) is 55.1 Å². The van der Waals surface area contributed by atoms with Crippen molar-refractivity contribution < 1.29 is 0 Å². The Bertz CT molecular complexity index is 672. The second kappa shape index (κ2) is 8.43. The van der Waals surface area contributed by atoms with E-state index >= 15 is 0 Å². The molecule has 0 aromatic heterocycles. The molecule has 0 spiro atoms. The second-order valence-electron chi connectivity index (χ2n) is 7.49. The van der Waals surface area contributed by atoms with E-state index in [1.54, 1.807) is 0 Å². The van der Waals surface area contributed by atoms with E-state index in [-0.39, 0.29) is 0 Å². The van der Waals surface area contributed by atoms with E-state index in [0.717, 1.165) is 30.7 Å². The molecule has 2 aliphatic rings. The van der Waals surface area contributed by atoms with Gasteiger partial charge in [0.15, 0.2) is 0 Å². The summed E-state index contributed by atoms with van der Waals surface area (Å²) >= 11 is 6.01. The van der Waals surface area contributed by atoms with Crippen LogP contribution in [0, 0.1) is 0 Å². The highest BCUT2D eigenvalue weighted by atomic mass is 35.5. The Morgan fingerprint density at radius 1 is 0.769 bits per heavy atom. The van der Waals surface area contributed by atoms with E-state index in [1.165, 1.54) is 50.3 Å². The lowest BCUT2D eigenvalue weighted by molar-refractivity contribution is 0.0998. The number of piperazine rings is 1. The average molecular weight is 370 g/mol. The van der Waals surface area contributed by atoms with Gasteiger partial charge in [-0.15, -0.1) is 0 Å². The highest BCUT2D eigenvalue weighted by Gasteiger charge is 2.27. The first kappa shape index (κ1) is 17.8. The minimum absolute atomic E-state index is 0.759. The van der Waals surface area contributed by atoms with Crippen molar-refractivity contribution in [1.82, 2.24) is 9.80 Å². The minimum Gasteiger partial charge on any atom is -0.369 e. The molecule has 2 saturated heterocycles. The molecule has 0 N–H and O–H groups in total. The fourth-order valence-corrected chi connectivity index (χ4v) is 4.41. The molecule has 0 aliphatic carbocycles. The van der Waals surface area contributed by atoms with Crippen molar-refractivity contribution in [3.63, 3.8) is 0 Å². The van der Waals surface area contributed by atoms with E-state index in [4.69, 9.17) is 11.6 Å². The normalized spacial score (nSPS) is 20.4. The maximum absolute atomic E-state index is 6.01. The molecule has 4 rings (SSSR count). The molecule has 0 unspecified atom stereocenters. The number of piperidine rings is 1. The van der Waals surface area contributed by atoms with Crippen molar-refractivity contribution in [2.45, 2.75) is 25.4 Å². The van der Waals surface area contributed by atoms with Crippen LogP contribution in [0.25, 0.3) is 0 Å². The number of rotatable bonds is 4. The molecule has 0 atom stereocenters. The summed E-state index contributed by atoms with van der Waals surface area (Å²) in [5, 5.41) is 0.814. The molecule has 0 saturated carbocycles. The van der Waals surface area contributed by atoms with E-state index in [1.807, 2.05) is 12.1 Å². The number of anilines is 1. The molecule has 4 heteroatoms. The molecule has 2 fully saturated rings. The van der Waals surface area contributed by atoms with Crippen LogP contribution in [0.2, 0.25) is 5.02 Å². The maximum atomic E-state index is 6.01. The zero-order chi connectivity index (χ0) is 17.8. The molecule has 0 amide bonds. The molecule has 2 aliphatic heterocycles. The molecule has 0 bridgehead atoms. The third-order valence-electron chi connectivity index (χ3n) is 5.83. The van der Waals surface area contributed by atoms with Crippen molar-refractivity contribution >= 4 is 17.3 Å². The highest BCUT2D eigenvalue weighted by Crippen LogP contribution is 2.23. The van der Waals surface area contributed by atoms with Gasteiger partial charge < -0.3 is 4.90 Å². The Morgan fingerprint density at radius 3 is 2.08 bits per heavy atom. The first-order valence-corrected chi connectivity index (χ1v) is 10.2. The lowest BCUT2D eigenvalue weighted by Crippen LogP contribution is -2.53. The summed E-state index contributed by atoms with van der Waals surface area (Å²) in [6.45, 7) is 8.11. The summed E-state index contributed by atoms with van der Waals surface area (Å²) in [6.07, 6.45) is 2.60. The lowest BCUT2D eigenvalue weighted by atomic mass is 10.0. The Hall–Kier alpha value is -1.55. The van der Waals surface area contributed by atoms with Gasteiger partial charge in [-0.2, -0.15) is 0 Å². The van der Waals surface area contributed by atoms with Crippen molar-refractivity contribution in [2.24, 2.45) is 0 Å². The molecular formula is C22H28ClN3. The molecule has 2 aromatic carbocycles. The Kier molecular flexibility index (Phi) is 5.78. The summed E-state index contributed by atoms with van der Waals surface area (Å²) < 4.78 is 0. The van der Waals surface area contributed by atoms with Crippen LogP contribution in [0.3, 0.4) is 0 Å². The monoisotopic (exact) mass is 369 g/mol. The largest absolute Gasteiger partial charge is 0.369 e. The van der Waals surface area contributed by atoms with Crippen LogP contribution in [0.5, 0.6) is 0 Å². The summed E-state index contributed by atoms with van der Waals surface area (Å²) in [7, 11) is 0. The van der Waals surface area contributed by atoms with Gasteiger partial charge in [0, 0.05) is 49.5 Å². The summed E-state index contributed by atoms with van der Waals surface area (Å²) in [4.78, 5) is 7.80. The Balaban J connectivity index is 1.24. The topological polar surface area (TPSA) is 9.72 Å². The number of benzene rings is 2. The van der Waals surface area contributed by atoms with Gasteiger partial charge in [-0.05, 0) is 55.8 Å². The predicted octanol–water partition coefficient (Wildman–Crippen LogP) is 4.13. The minimum atomic E-state index is 0.759. The van der Waals surface area contributed by atoms with Gasteiger partial charge in [-0.3, -0.25) is 9.80 Å². The number of halogens is 1. The van der Waals surface area contributed by atoms with Crippen LogP contribution < -0.4 is 4.90 Å². The van der Waals surface area contributed by atoms with Gasteiger partial charge in [0.1, 0.15) is 0 Å².